The molecule has 122 valence electrons. The van der Waals surface area contributed by atoms with Crippen molar-refractivity contribution < 1.29 is 23.1 Å². The lowest BCUT2D eigenvalue weighted by atomic mass is 10.1. The van der Waals surface area contributed by atoms with Gasteiger partial charge in [0.2, 0.25) is 0 Å². The van der Waals surface area contributed by atoms with E-state index in [-0.39, 0.29) is 29.7 Å². The molecule has 4 nitrogen and oxygen atoms in total. The van der Waals surface area contributed by atoms with Gasteiger partial charge in [-0.05, 0) is 30.7 Å². The molecular formula is C14H16ClF3N2O2. The van der Waals surface area contributed by atoms with E-state index in [1.807, 2.05) is 4.90 Å². The highest BCUT2D eigenvalue weighted by Gasteiger charge is 2.34. The molecule has 1 N–H and O–H groups in total. The van der Waals surface area contributed by atoms with E-state index in [1.165, 1.54) is 17.0 Å². The van der Waals surface area contributed by atoms with Crippen LogP contribution in [0.3, 0.4) is 0 Å². The van der Waals surface area contributed by atoms with Crippen LogP contribution in [0.2, 0.25) is 5.02 Å². The number of rotatable bonds is 2. The zero-order valence-corrected chi connectivity index (χ0v) is 12.7. The molecular weight excluding hydrogens is 321 g/mol. The maximum Gasteiger partial charge on any atom is 0.416 e. The highest BCUT2D eigenvalue weighted by molar-refractivity contribution is 6.30. The van der Waals surface area contributed by atoms with Crippen LogP contribution in [-0.2, 0) is 12.7 Å². The molecule has 0 aliphatic carbocycles. The second-order valence-corrected chi connectivity index (χ2v) is 5.80. The van der Waals surface area contributed by atoms with Crippen molar-refractivity contribution in [3.05, 3.63) is 34.3 Å². The molecule has 0 radical (unpaired) electrons. The molecule has 0 aromatic heterocycles. The van der Waals surface area contributed by atoms with Crippen LogP contribution in [-0.4, -0.2) is 46.7 Å². The Balaban J connectivity index is 2.15. The summed E-state index contributed by atoms with van der Waals surface area (Å²) in [6.07, 6.45) is -5.44. The third kappa shape index (κ3) is 3.84. The zero-order chi connectivity index (χ0) is 16.5. The number of alkyl halides is 3. The molecule has 1 amide bonds. The Hall–Kier alpha value is -1.47. The Morgan fingerprint density at radius 3 is 2.64 bits per heavy atom. The monoisotopic (exact) mass is 336 g/mol. The highest BCUT2D eigenvalue weighted by Crippen LogP contribution is 2.34. The van der Waals surface area contributed by atoms with Crippen molar-refractivity contribution >= 4 is 17.7 Å². The molecule has 8 heteroatoms. The minimum Gasteiger partial charge on any atom is -0.465 e. The minimum atomic E-state index is -4.44. The number of carbonyl (C=O) groups is 1. The largest absolute Gasteiger partial charge is 0.465 e. The number of hydrogen-bond acceptors (Lipinski definition) is 2. The van der Waals surface area contributed by atoms with Gasteiger partial charge >= 0.3 is 12.3 Å². The van der Waals surface area contributed by atoms with Gasteiger partial charge in [-0.15, -0.1) is 0 Å². The van der Waals surface area contributed by atoms with Gasteiger partial charge in [-0.1, -0.05) is 11.6 Å². The molecule has 0 bridgehead atoms. The van der Waals surface area contributed by atoms with Gasteiger partial charge in [0.25, 0.3) is 0 Å². The van der Waals surface area contributed by atoms with Crippen molar-refractivity contribution in [2.24, 2.45) is 0 Å². The smallest absolute Gasteiger partial charge is 0.416 e. The van der Waals surface area contributed by atoms with E-state index in [0.717, 1.165) is 6.07 Å². The predicted octanol–water partition coefficient (Wildman–Crippen LogP) is 3.54. The maximum absolute atomic E-state index is 13.0. The summed E-state index contributed by atoms with van der Waals surface area (Å²) < 4.78 is 39.1. The third-order valence-corrected chi connectivity index (χ3v) is 3.96. The molecule has 1 aromatic carbocycles. The fourth-order valence-corrected chi connectivity index (χ4v) is 2.87. The van der Waals surface area contributed by atoms with Crippen molar-refractivity contribution in [2.45, 2.75) is 25.7 Å². The van der Waals surface area contributed by atoms with Crippen LogP contribution in [0.15, 0.2) is 18.2 Å². The number of hydrogen-bond donors (Lipinski definition) is 1. The second-order valence-electron chi connectivity index (χ2n) is 5.36. The lowest BCUT2D eigenvalue weighted by Crippen LogP contribution is -2.53. The summed E-state index contributed by atoms with van der Waals surface area (Å²) >= 11 is 5.81. The highest BCUT2D eigenvalue weighted by atomic mass is 35.5. The van der Waals surface area contributed by atoms with E-state index in [9.17, 15) is 18.0 Å². The summed E-state index contributed by atoms with van der Waals surface area (Å²) in [5, 5.41) is 9.26. The van der Waals surface area contributed by atoms with E-state index in [0.29, 0.717) is 13.1 Å². The number of amides is 1. The number of nitrogens with zero attached hydrogens (tertiary/aromatic N) is 2. The average molecular weight is 337 g/mol. The number of carboxylic acid groups (broad SMARTS) is 1. The summed E-state index contributed by atoms with van der Waals surface area (Å²) in [5.41, 5.74) is -0.596. The average Bonchev–Trinajstić information content (AvgIpc) is 2.36. The number of piperazine rings is 1. The molecule has 22 heavy (non-hydrogen) atoms. The van der Waals surface area contributed by atoms with Gasteiger partial charge in [0.15, 0.2) is 0 Å². The minimum absolute atomic E-state index is 0.0905. The van der Waals surface area contributed by atoms with Gasteiger partial charge < -0.3 is 10.0 Å². The van der Waals surface area contributed by atoms with Gasteiger partial charge in [-0.2, -0.15) is 13.2 Å². The van der Waals surface area contributed by atoms with E-state index >= 15 is 0 Å². The summed E-state index contributed by atoms with van der Waals surface area (Å²) in [4.78, 5) is 14.1. The van der Waals surface area contributed by atoms with Crippen molar-refractivity contribution in [1.82, 2.24) is 9.80 Å². The van der Waals surface area contributed by atoms with Gasteiger partial charge in [0, 0.05) is 37.2 Å². The first-order valence-corrected chi connectivity index (χ1v) is 7.14. The quantitative estimate of drug-likeness (QED) is 0.898. The molecule has 0 spiro atoms. The first-order valence-electron chi connectivity index (χ1n) is 6.76. The topological polar surface area (TPSA) is 43.8 Å². The van der Waals surface area contributed by atoms with Crippen LogP contribution < -0.4 is 0 Å². The van der Waals surface area contributed by atoms with Crippen molar-refractivity contribution in [3.8, 4) is 0 Å². The Bertz CT molecular complexity index is 566. The van der Waals surface area contributed by atoms with E-state index in [2.05, 4.69) is 0 Å². The first-order chi connectivity index (χ1) is 10.2. The second kappa shape index (κ2) is 6.34. The molecule has 1 atom stereocenters. The number of benzene rings is 1. The van der Waals surface area contributed by atoms with Gasteiger partial charge in [0.05, 0.1) is 5.56 Å². The Kier molecular flexibility index (Phi) is 4.87. The van der Waals surface area contributed by atoms with E-state index in [4.69, 9.17) is 16.7 Å². The summed E-state index contributed by atoms with van der Waals surface area (Å²) in [7, 11) is 0. The van der Waals surface area contributed by atoms with Crippen LogP contribution >= 0.6 is 11.6 Å². The Labute approximate surface area is 131 Å². The van der Waals surface area contributed by atoms with Gasteiger partial charge in [-0.3, -0.25) is 4.90 Å². The fraction of sp³-hybridized carbons (Fsp3) is 0.500. The molecule has 1 unspecified atom stereocenters. The standard InChI is InChI=1S/C14H16ClF3N2O2/c1-9-7-19(4-5-20(9)13(21)22)8-10-6-11(15)2-3-12(10)14(16,17)18/h2-3,6,9H,4-5,7-8H2,1H3,(H,21,22). The van der Waals surface area contributed by atoms with Gasteiger partial charge in [-0.25, -0.2) is 4.79 Å². The van der Waals surface area contributed by atoms with Crippen molar-refractivity contribution in [1.29, 1.82) is 0 Å². The lowest BCUT2D eigenvalue weighted by Gasteiger charge is -2.38. The van der Waals surface area contributed by atoms with Crippen LogP contribution in [0.5, 0.6) is 0 Å². The zero-order valence-electron chi connectivity index (χ0n) is 11.9. The summed E-state index contributed by atoms with van der Waals surface area (Å²) in [6.45, 7) is 2.88. The Morgan fingerprint density at radius 2 is 2.09 bits per heavy atom. The van der Waals surface area contributed by atoms with E-state index in [1.54, 1.807) is 6.92 Å². The van der Waals surface area contributed by atoms with E-state index < -0.39 is 17.8 Å². The normalized spacial score (nSPS) is 20.2. The molecule has 1 aromatic rings. The Morgan fingerprint density at radius 1 is 1.41 bits per heavy atom. The molecule has 2 rings (SSSR count). The first kappa shape index (κ1) is 16.9. The lowest BCUT2D eigenvalue weighted by molar-refractivity contribution is -0.138. The fourth-order valence-electron chi connectivity index (χ4n) is 2.67. The molecule has 1 saturated heterocycles. The summed E-state index contributed by atoms with van der Waals surface area (Å²) in [5.74, 6) is 0. The van der Waals surface area contributed by atoms with Crippen molar-refractivity contribution in [2.75, 3.05) is 19.6 Å². The van der Waals surface area contributed by atoms with Crippen LogP contribution in [0.4, 0.5) is 18.0 Å². The van der Waals surface area contributed by atoms with Gasteiger partial charge in [0.1, 0.15) is 0 Å². The molecule has 1 aliphatic rings. The molecule has 1 heterocycles. The molecule has 0 saturated carbocycles. The third-order valence-electron chi connectivity index (χ3n) is 3.72. The molecule has 1 fully saturated rings. The van der Waals surface area contributed by atoms with Crippen molar-refractivity contribution in [3.63, 3.8) is 0 Å². The maximum atomic E-state index is 13.0. The van der Waals surface area contributed by atoms with Crippen LogP contribution in [0.25, 0.3) is 0 Å². The van der Waals surface area contributed by atoms with Crippen LogP contribution in [0, 0.1) is 0 Å². The predicted molar refractivity (Wildman–Crippen MR) is 75.9 cm³/mol. The molecule has 1 aliphatic heterocycles. The summed E-state index contributed by atoms with van der Waals surface area (Å²) in [6, 6.07) is 3.26. The van der Waals surface area contributed by atoms with Crippen LogP contribution in [0.1, 0.15) is 18.1 Å². The number of halogens is 4. The SMILES string of the molecule is CC1CN(Cc2cc(Cl)ccc2C(F)(F)F)CCN1C(=O)O.